The number of hydrogen-bond acceptors (Lipinski definition) is 6. The number of hydrogen-bond donors (Lipinski definition) is 0. The highest BCUT2D eigenvalue weighted by Crippen LogP contribution is 2.51. The smallest absolute Gasteiger partial charge is 0.264 e. The molecule has 6 rings (SSSR count). The van der Waals surface area contributed by atoms with Crippen molar-refractivity contribution >= 4 is 16.9 Å². The molecule has 3 aliphatic rings. The summed E-state index contributed by atoms with van der Waals surface area (Å²) in [5.41, 5.74) is 2.59. The van der Waals surface area contributed by atoms with Gasteiger partial charge in [0.25, 0.3) is 5.56 Å². The Morgan fingerprint density at radius 1 is 1.18 bits per heavy atom. The molecule has 33 heavy (non-hydrogen) atoms. The molecule has 9 heteroatoms. The van der Waals surface area contributed by atoms with Gasteiger partial charge >= 0.3 is 0 Å². The minimum Gasteiger partial charge on any atom is -0.486 e. The van der Waals surface area contributed by atoms with Crippen molar-refractivity contribution in [2.24, 2.45) is 7.05 Å². The first-order valence-corrected chi connectivity index (χ1v) is 11.6. The molecule has 1 aliphatic carbocycles. The molecule has 0 bridgehead atoms. The zero-order valence-corrected chi connectivity index (χ0v) is 18.9. The van der Waals surface area contributed by atoms with Gasteiger partial charge in [-0.3, -0.25) is 18.8 Å². The second-order valence-corrected chi connectivity index (χ2v) is 9.45. The van der Waals surface area contributed by atoms with Crippen LogP contribution < -0.4 is 15.0 Å². The maximum Gasteiger partial charge on any atom is 0.264 e. The van der Waals surface area contributed by atoms with Crippen LogP contribution in [-0.2, 0) is 23.8 Å². The van der Waals surface area contributed by atoms with Crippen LogP contribution in [0.5, 0.6) is 11.5 Å². The number of aryl methyl sites for hydroxylation is 1. The first-order valence-electron chi connectivity index (χ1n) is 11.6. The lowest BCUT2D eigenvalue weighted by atomic mass is 9.71. The van der Waals surface area contributed by atoms with Crippen LogP contribution in [-0.4, -0.2) is 49.9 Å². The summed E-state index contributed by atoms with van der Waals surface area (Å²) in [6, 6.07) is 4.09. The molecule has 0 saturated heterocycles. The summed E-state index contributed by atoms with van der Waals surface area (Å²) in [6.07, 6.45) is 7.32. The van der Waals surface area contributed by atoms with Crippen molar-refractivity contribution in [2.45, 2.75) is 50.6 Å². The molecule has 0 N–H and O–H groups in total. The summed E-state index contributed by atoms with van der Waals surface area (Å²) >= 11 is 0. The highest BCUT2D eigenvalue weighted by atomic mass is 16.6. The van der Waals surface area contributed by atoms with Crippen LogP contribution in [0.15, 0.2) is 29.5 Å². The van der Waals surface area contributed by atoms with Crippen LogP contribution in [0.1, 0.15) is 49.8 Å². The zero-order valence-electron chi connectivity index (χ0n) is 18.9. The lowest BCUT2D eigenvalue weighted by molar-refractivity contribution is -0.135. The Balaban J connectivity index is 1.37. The molecule has 1 spiro atoms. The van der Waals surface area contributed by atoms with E-state index in [1.165, 1.54) is 22.7 Å². The summed E-state index contributed by atoms with van der Waals surface area (Å²) in [5.74, 6) is 1.47. The summed E-state index contributed by atoms with van der Waals surface area (Å²) in [4.78, 5) is 32.8. The molecule has 9 nitrogen and oxygen atoms in total. The van der Waals surface area contributed by atoms with Gasteiger partial charge in [-0.25, -0.2) is 4.98 Å². The Morgan fingerprint density at radius 3 is 2.67 bits per heavy atom. The van der Waals surface area contributed by atoms with Gasteiger partial charge in [-0.2, -0.15) is 5.10 Å². The van der Waals surface area contributed by atoms with E-state index < -0.39 is 0 Å². The van der Waals surface area contributed by atoms with Gasteiger partial charge in [-0.15, -0.1) is 0 Å². The van der Waals surface area contributed by atoms with Gasteiger partial charge in [-0.05, 0) is 43.0 Å². The van der Waals surface area contributed by atoms with Crippen molar-refractivity contribution in [1.29, 1.82) is 0 Å². The fourth-order valence-electron chi connectivity index (χ4n) is 5.82. The first-order chi connectivity index (χ1) is 16.0. The molecule has 1 unspecified atom stereocenters. The molecule has 2 aliphatic heterocycles. The lowest BCUT2D eigenvalue weighted by Gasteiger charge is -2.46. The second kappa shape index (κ2) is 7.33. The number of fused-ring (bicyclic) bond motifs is 4. The van der Waals surface area contributed by atoms with Crippen molar-refractivity contribution in [3.8, 4) is 11.5 Å². The Kier molecular flexibility index (Phi) is 4.50. The minimum atomic E-state index is -0.248. The van der Waals surface area contributed by atoms with Crippen LogP contribution >= 0.6 is 0 Å². The minimum absolute atomic E-state index is 0.0447. The summed E-state index contributed by atoms with van der Waals surface area (Å²) < 4.78 is 14.7. The number of ether oxygens (including phenoxy) is 2. The monoisotopic (exact) mass is 449 g/mol. The molecule has 1 atom stereocenters. The molecular weight excluding hydrogens is 422 g/mol. The molecule has 2 aromatic heterocycles. The van der Waals surface area contributed by atoms with Crippen molar-refractivity contribution in [3.05, 3.63) is 46.1 Å². The van der Waals surface area contributed by atoms with Gasteiger partial charge in [-0.1, -0.05) is 12.8 Å². The van der Waals surface area contributed by atoms with Gasteiger partial charge in [0.05, 0.1) is 12.2 Å². The second-order valence-electron chi connectivity index (χ2n) is 9.45. The van der Waals surface area contributed by atoms with Crippen molar-refractivity contribution in [3.63, 3.8) is 0 Å². The molecule has 3 aromatic rings. The Morgan fingerprint density at radius 2 is 1.91 bits per heavy atom. The molecule has 1 amide bonds. The van der Waals surface area contributed by atoms with Gasteiger partial charge in [0, 0.05) is 19.0 Å². The summed E-state index contributed by atoms with van der Waals surface area (Å²) in [7, 11) is 1.74. The van der Waals surface area contributed by atoms with E-state index >= 15 is 0 Å². The number of benzene rings is 1. The number of amides is 1. The fourth-order valence-corrected chi connectivity index (χ4v) is 5.82. The quantitative estimate of drug-likeness (QED) is 0.596. The molecule has 1 fully saturated rings. The van der Waals surface area contributed by atoms with E-state index in [9.17, 15) is 9.59 Å². The molecule has 0 radical (unpaired) electrons. The Labute approximate surface area is 190 Å². The van der Waals surface area contributed by atoms with Crippen LogP contribution in [0.25, 0.3) is 11.0 Å². The normalized spacial score (nSPS) is 20.9. The van der Waals surface area contributed by atoms with Crippen LogP contribution in [0, 0.1) is 0 Å². The Hall–Kier alpha value is -3.36. The van der Waals surface area contributed by atoms with Crippen molar-refractivity contribution in [2.75, 3.05) is 19.8 Å². The Bertz CT molecular complexity index is 1320. The zero-order chi connectivity index (χ0) is 22.7. The molecule has 1 saturated carbocycles. The van der Waals surface area contributed by atoms with E-state index in [0.717, 1.165) is 42.7 Å². The van der Waals surface area contributed by atoms with E-state index in [-0.39, 0.29) is 29.5 Å². The van der Waals surface area contributed by atoms with Crippen LogP contribution in [0.2, 0.25) is 0 Å². The molecular formula is C24H27N5O4. The number of carbonyl (C=O) groups excluding carboxylic acids is 1. The molecule has 4 heterocycles. The number of carbonyl (C=O) groups is 1. The van der Waals surface area contributed by atoms with Crippen LogP contribution in [0.3, 0.4) is 0 Å². The molecule has 1 aromatic carbocycles. The van der Waals surface area contributed by atoms with E-state index in [1.54, 1.807) is 11.7 Å². The van der Waals surface area contributed by atoms with Crippen molar-refractivity contribution in [1.82, 2.24) is 24.2 Å². The number of rotatable bonds is 2. The molecule has 172 valence electrons. The topological polar surface area (TPSA) is 91.5 Å². The SMILES string of the molecule is CC1c2cc3c(cc2C2(CCCC2)CN1C(=O)Cn1cnc2c(cnn2C)c1=O)OCCO3. The summed E-state index contributed by atoms with van der Waals surface area (Å²) in [5, 5.41) is 4.53. The first kappa shape index (κ1) is 20.3. The van der Waals surface area contributed by atoms with Crippen LogP contribution in [0.4, 0.5) is 0 Å². The predicted molar refractivity (Wildman–Crippen MR) is 120 cm³/mol. The number of aromatic nitrogens is 4. The van der Waals surface area contributed by atoms with Gasteiger partial charge in [0.1, 0.15) is 31.5 Å². The van der Waals surface area contributed by atoms with Gasteiger partial charge in [0.15, 0.2) is 17.1 Å². The van der Waals surface area contributed by atoms with E-state index in [4.69, 9.17) is 9.47 Å². The van der Waals surface area contributed by atoms with E-state index in [0.29, 0.717) is 30.8 Å². The number of nitrogens with zero attached hydrogens (tertiary/aromatic N) is 5. The highest BCUT2D eigenvalue weighted by molar-refractivity contribution is 5.78. The largest absolute Gasteiger partial charge is 0.486 e. The van der Waals surface area contributed by atoms with Crippen molar-refractivity contribution < 1.29 is 14.3 Å². The third-order valence-electron chi connectivity index (χ3n) is 7.58. The standard InChI is InChI=1S/C24H27N5O4/c1-15-16-9-19-20(33-8-7-32-19)10-18(16)24(5-3-4-6-24)13-29(15)21(30)12-28-14-25-22-17(23(28)31)11-26-27(22)2/h9-11,14-15H,3-8,12-13H2,1-2H3. The lowest BCUT2D eigenvalue weighted by Crippen LogP contribution is -2.50. The third-order valence-corrected chi connectivity index (χ3v) is 7.58. The van der Waals surface area contributed by atoms with Gasteiger partial charge < -0.3 is 14.4 Å². The fraction of sp³-hybridized carbons (Fsp3) is 0.500. The summed E-state index contributed by atoms with van der Waals surface area (Å²) in [6.45, 7) is 3.75. The third kappa shape index (κ3) is 3.05. The van der Waals surface area contributed by atoms with E-state index in [2.05, 4.69) is 29.1 Å². The van der Waals surface area contributed by atoms with E-state index in [1.807, 2.05) is 4.90 Å². The average molecular weight is 450 g/mol. The average Bonchev–Trinajstić information content (AvgIpc) is 3.45. The maximum atomic E-state index is 13.6. The highest BCUT2D eigenvalue weighted by Gasteiger charge is 2.46. The van der Waals surface area contributed by atoms with Gasteiger partial charge in [0.2, 0.25) is 5.91 Å². The predicted octanol–water partition coefficient (Wildman–Crippen LogP) is 2.32. The maximum absolute atomic E-state index is 13.6.